The molecule has 1 aliphatic rings. The van der Waals surface area contributed by atoms with Crippen molar-refractivity contribution in [3.63, 3.8) is 0 Å². The highest BCUT2D eigenvalue weighted by Gasteiger charge is 2.47. The van der Waals surface area contributed by atoms with E-state index in [1.807, 2.05) is 0 Å². The molecule has 1 rings (SSSR count). The van der Waals surface area contributed by atoms with Crippen molar-refractivity contribution in [2.24, 2.45) is 17.6 Å². The Hall–Kier alpha value is -0.290. The summed E-state index contributed by atoms with van der Waals surface area (Å²) in [5.41, 5.74) is 5.74. The fourth-order valence-corrected chi connectivity index (χ4v) is 3.30. The predicted octanol–water partition coefficient (Wildman–Crippen LogP) is 3.80. The van der Waals surface area contributed by atoms with E-state index >= 15 is 0 Å². The number of halogens is 3. The lowest BCUT2D eigenvalue weighted by atomic mass is 9.74. The zero-order valence-corrected chi connectivity index (χ0v) is 13.0. The van der Waals surface area contributed by atoms with Crippen molar-refractivity contribution in [3.8, 4) is 0 Å². The molecular weight excluding hydrogens is 265 g/mol. The van der Waals surface area contributed by atoms with Gasteiger partial charge >= 0.3 is 6.18 Å². The van der Waals surface area contributed by atoms with Crippen LogP contribution in [0.2, 0.25) is 0 Å². The van der Waals surface area contributed by atoms with Gasteiger partial charge in [0.25, 0.3) is 0 Å². The monoisotopic (exact) mass is 294 g/mol. The van der Waals surface area contributed by atoms with Crippen LogP contribution in [0.5, 0.6) is 0 Å². The second-order valence-electron chi connectivity index (χ2n) is 6.30. The minimum Gasteiger partial charge on any atom is -0.329 e. The lowest BCUT2D eigenvalue weighted by molar-refractivity contribution is -0.188. The van der Waals surface area contributed by atoms with E-state index in [4.69, 9.17) is 5.73 Å². The summed E-state index contributed by atoms with van der Waals surface area (Å²) >= 11 is 0. The Balaban J connectivity index is 2.73. The molecule has 0 amide bonds. The Morgan fingerprint density at radius 1 is 1.25 bits per heavy atom. The van der Waals surface area contributed by atoms with Crippen LogP contribution in [0.1, 0.15) is 52.9 Å². The normalized spacial score (nSPS) is 29.7. The molecule has 1 fully saturated rings. The van der Waals surface area contributed by atoms with E-state index in [1.54, 1.807) is 0 Å². The first-order valence-corrected chi connectivity index (χ1v) is 7.81. The fraction of sp³-hybridized carbons (Fsp3) is 1.00. The van der Waals surface area contributed by atoms with Crippen LogP contribution in [0.25, 0.3) is 0 Å². The third-order valence-electron chi connectivity index (χ3n) is 5.04. The van der Waals surface area contributed by atoms with Gasteiger partial charge < -0.3 is 5.73 Å². The molecule has 0 aromatic heterocycles. The predicted molar refractivity (Wildman–Crippen MR) is 76.5 cm³/mol. The van der Waals surface area contributed by atoms with E-state index in [1.165, 1.54) is 0 Å². The molecule has 120 valence electrons. The SMILES string of the molecule is CCC(C)CN(CC)C1(CN)CCC(C(F)(F)F)CC1. The number of alkyl halides is 3. The minimum atomic E-state index is -4.05. The molecule has 0 saturated heterocycles. The highest BCUT2D eigenvalue weighted by Crippen LogP contribution is 2.43. The average molecular weight is 294 g/mol. The molecule has 1 unspecified atom stereocenters. The summed E-state index contributed by atoms with van der Waals surface area (Å²) < 4.78 is 38.4. The van der Waals surface area contributed by atoms with E-state index in [0.717, 1.165) is 19.5 Å². The van der Waals surface area contributed by atoms with Crippen LogP contribution >= 0.6 is 0 Å². The van der Waals surface area contributed by atoms with E-state index in [0.29, 0.717) is 25.3 Å². The van der Waals surface area contributed by atoms with Crippen LogP contribution in [0.15, 0.2) is 0 Å². The average Bonchev–Trinajstić information content (AvgIpc) is 2.43. The van der Waals surface area contributed by atoms with Gasteiger partial charge in [0, 0.05) is 18.6 Å². The van der Waals surface area contributed by atoms with Crippen molar-refractivity contribution >= 4 is 0 Å². The number of nitrogens with two attached hydrogens (primary N) is 1. The molecule has 1 saturated carbocycles. The molecule has 0 aromatic carbocycles. The van der Waals surface area contributed by atoms with Gasteiger partial charge in [-0.15, -0.1) is 0 Å². The molecule has 0 aromatic rings. The number of likely N-dealkylation sites (N-methyl/N-ethyl adjacent to an activating group) is 1. The van der Waals surface area contributed by atoms with Crippen LogP contribution in [-0.4, -0.2) is 36.2 Å². The number of nitrogens with zero attached hydrogens (tertiary/aromatic N) is 1. The summed E-state index contributed by atoms with van der Waals surface area (Å²) in [5.74, 6) is -0.580. The molecule has 0 aliphatic heterocycles. The van der Waals surface area contributed by atoms with Crippen molar-refractivity contribution in [1.82, 2.24) is 4.90 Å². The molecule has 2 nitrogen and oxygen atoms in total. The Labute approximate surface area is 120 Å². The maximum atomic E-state index is 12.8. The zero-order chi connectivity index (χ0) is 15.4. The first-order chi connectivity index (χ1) is 9.29. The maximum absolute atomic E-state index is 12.8. The second-order valence-corrected chi connectivity index (χ2v) is 6.30. The summed E-state index contributed by atoms with van der Waals surface area (Å²) in [5, 5.41) is 0. The van der Waals surface area contributed by atoms with Crippen LogP contribution < -0.4 is 5.73 Å². The van der Waals surface area contributed by atoms with Crippen molar-refractivity contribution in [2.45, 2.75) is 64.6 Å². The molecule has 0 radical (unpaired) electrons. The molecular formula is C15H29F3N2. The van der Waals surface area contributed by atoms with Gasteiger partial charge in [-0.25, -0.2) is 0 Å². The van der Waals surface area contributed by atoms with Gasteiger partial charge in [0.1, 0.15) is 0 Å². The summed E-state index contributed by atoms with van der Waals surface area (Å²) in [6.45, 7) is 8.67. The van der Waals surface area contributed by atoms with Gasteiger partial charge in [-0.3, -0.25) is 4.90 Å². The zero-order valence-electron chi connectivity index (χ0n) is 13.0. The minimum absolute atomic E-state index is 0.220. The molecule has 1 atom stereocenters. The van der Waals surface area contributed by atoms with Gasteiger partial charge in [-0.05, 0) is 38.1 Å². The molecule has 5 heteroatoms. The third-order valence-corrected chi connectivity index (χ3v) is 5.04. The van der Waals surface area contributed by atoms with Crippen molar-refractivity contribution in [3.05, 3.63) is 0 Å². The van der Waals surface area contributed by atoms with Gasteiger partial charge in [0.2, 0.25) is 0 Å². The molecule has 1 aliphatic carbocycles. The molecule has 20 heavy (non-hydrogen) atoms. The quantitative estimate of drug-likeness (QED) is 0.807. The van der Waals surface area contributed by atoms with Gasteiger partial charge in [-0.1, -0.05) is 27.2 Å². The Bertz CT molecular complexity index is 283. The van der Waals surface area contributed by atoms with E-state index < -0.39 is 12.1 Å². The Morgan fingerprint density at radius 3 is 2.15 bits per heavy atom. The molecule has 2 N–H and O–H groups in total. The fourth-order valence-electron chi connectivity index (χ4n) is 3.30. The van der Waals surface area contributed by atoms with E-state index in [9.17, 15) is 13.2 Å². The van der Waals surface area contributed by atoms with Crippen LogP contribution in [-0.2, 0) is 0 Å². The molecule has 0 spiro atoms. The van der Waals surface area contributed by atoms with Crippen molar-refractivity contribution in [2.75, 3.05) is 19.6 Å². The van der Waals surface area contributed by atoms with Gasteiger partial charge in [0.05, 0.1) is 5.92 Å². The summed E-state index contributed by atoms with van der Waals surface area (Å²) in [6, 6.07) is 0. The van der Waals surface area contributed by atoms with Crippen molar-refractivity contribution < 1.29 is 13.2 Å². The number of hydrogen-bond donors (Lipinski definition) is 1. The van der Waals surface area contributed by atoms with E-state index in [2.05, 4.69) is 25.7 Å². The van der Waals surface area contributed by atoms with Gasteiger partial charge in [-0.2, -0.15) is 13.2 Å². The Morgan fingerprint density at radius 2 is 1.80 bits per heavy atom. The molecule has 0 heterocycles. The number of rotatable bonds is 6. The summed E-state index contributed by atoms with van der Waals surface area (Å²) in [7, 11) is 0. The lowest BCUT2D eigenvalue weighted by Gasteiger charge is -2.48. The van der Waals surface area contributed by atoms with Gasteiger partial charge in [0.15, 0.2) is 0 Å². The summed E-state index contributed by atoms with van der Waals surface area (Å²) in [4.78, 5) is 2.33. The summed E-state index contributed by atoms with van der Waals surface area (Å²) in [6.07, 6.45) is -1.39. The Kier molecular flexibility index (Phi) is 6.32. The standard InChI is InChI=1S/C15H29F3N2/c1-4-12(3)10-20(5-2)14(11-19)8-6-13(7-9-14)15(16,17)18/h12-13H,4-11,19H2,1-3H3. The highest BCUT2D eigenvalue weighted by molar-refractivity contribution is 4.97. The smallest absolute Gasteiger partial charge is 0.329 e. The topological polar surface area (TPSA) is 29.3 Å². The first kappa shape index (κ1) is 17.8. The van der Waals surface area contributed by atoms with Crippen LogP contribution in [0.3, 0.4) is 0 Å². The largest absolute Gasteiger partial charge is 0.391 e. The van der Waals surface area contributed by atoms with Crippen LogP contribution in [0, 0.1) is 11.8 Å². The first-order valence-electron chi connectivity index (χ1n) is 7.81. The lowest BCUT2D eigenvalue weighted by Crippen LogP contribution is -2.57. The van der Waals surface area contributed by atoms with Crippen LogP contribution in [0.4, 0.5) is 13.2 Å². The second kappa shape index (κ2) is 7.12. The third kappa shape index (κ3) is 4.10. The van der Waals surface area contributed by atoms with E-state index in [-0.39, 0.29) is 18.4 Å². The molecule has 0 bridgehead atoms. The number of hydrogen-bond acceptors (Lipinski definition) is 2. The highest BCUT2D eigenvalue weighted by atomic mass is 19.4. The van der Waals surface area contributed by atoms with Crippen molar-refractivity contribution in [1.29, 1.82) is 0 Å². The maximum Gasteiger partial charge on any atom is 0.391 e.